The lowest BCUT2D eigenvalue weighted by Gasteiger charge is -2.38. The van der Waals surface area contributed by atoms with E-state index in [1.807, 2.05) is 13.2 Å². The van der Waals surface area contributed by atoms with Crippen molar-refractivity contribution in [1.29, 1.82) is 0 Å². The van der Waals surface area contributed by atoms with Gasteiger partial charge in [-0.1, -0.05) is 0 Å². The maximum absolute atomic E-state index is 4.48. The average Bonchev–Trinajstić information content (AvgIpc) is 2.33. The van der Waals surface area contributed by atoms with E-state index in [1.54, 1.807) is 0 Å². The highest BCUT2D eigenvalue weighted by molar-refractivity contribution is 5.48. The lowest BCUT2D eigenvalue weighted by Crippen LogP contribution is -2.50. The molecule has 1 N–H and O–H groups in total. The first kappa shape index (κ1) is 11.2. The van der Waals surface area contributed by atoms with Crippen LogP contribution in [0.4, 0.5) is 11.5 Å². The van der Waals surface area contributed by atoms with E-state index in [-0.39, 0.29) is 0 Å². The second-order valence-corrected chi connectivity index (χ2v) is 4.43. The van der Waals surface area contributed by atoms with Crippen LogP contribution in [-0.2, 0) is 0 Å². The number of nitrogens with one attached hydrogen (secondary N) is 1. The second kappa shape index (κ2) is 4.70. The molecule has 1 aromatic heterocycles. The molecule has 1 fully saturated rings. The highest BCUT2D eigenvalue weighted by atomic mass is 15.3. The van der Waals surface area contributed by atoms with Gasteiger partial charge >= 0.3 is 0 Å². The number of aromatic nitrogens is 1. The Bertz CT molecular complexity index is 335. The van der Waals surface area contributed by atoms with E-state index in [4.69, 9.17) is 0 Å². The van der Waals surface area contributed by atoms with Crippen molar-refractivity contribution in [2.75, 3.05) is 43.9 Å². The van der Waals surface area contributed by atoms with Gasteiger partial charge in [0.2, 0.25) is 0 Å². The van der Waals surface area contributed by atoms with Crippen LogP contribution in [0.2, 0.25) is 0 Å². The molecule has 0 saturated carbocycles. The van der Waals surface area contributed by atoms with E-state index in [2.05, 4.69) is 46.2 Å². The largest absolute Gasteiger partial charge is 0.387 e. The van der Waals surface area contributed by atoms with Gasteiger partial charge in [-0.25, -0.2) is 4.98 Å². The fourth-order valence-corrected chi connectivity index (χ4v) is 1.98. The Morgan fingerprint density at radius 3 is 2.75 bits per heavy atom. The number of pyridine rings is 1. The second-order valence-electron chi connectivity index (χ2n) is 4.43. The minimum Gasteiger partial charge on any atom is -0.387 e. The summed E-state index contributed by atoms with van der Waals surface area (Å²) in [6, 6.07) is 4.76. The van der Waals surface area contributed by atoms with Crippen LogP contribution >= 0.6 is 0 Å². The van der Waals surface area contributed by atoms with E-state index < -0.39 is 0 Å². The van der Waals surface area contributed by atoms with Crippen molar-refractivity contribution in [3.8, 4) is 0 Å². The van der Waals surface area contributed by atoms with Gasteiger partial charge in [-0.15, -0.1) is 0 Å². The Kier molecular flexibility index (Phi) is 3.29. The third-order valence-corrected chi connectivity index (χ3v) is 3.32. The lowest BCUT2D eigenvalue weighted by atomic mass is 10.2. The Hall–Kier alpha value is -1.29. The summed E-state index contributed by atoms with van der Waals surface area (Å²) >= 11 is 0. The van der Waals surface area contributed by atoms with E-state index in [1.165, 1.54) is 0 Å². The Balaban J connectivity index is 2.06. The summed E-state index contributed by atoms with van der Waals surface area (Å²) in [6.45, 7) is 5.49. The third kappa shape index (κ3) is 2.27. The van der Waals surface area contributed by atoms with Crippen LogP contribution in [0, 0.1) is 0 Å². The summed E-state index contributed by atoms with van der Waals surface area (Å²) in [5.74, 6) is 1.08. The number of likely N-dealkylation sites (N-methyl/N-ethyl adjacent to an activating group) is 1. The third-order valence-electron chi connectivity index (χ3n) is 3.32. The number of nitrogens with zero attached hydrogens (tertiary/aromatic N) is 3. The zero-order valence-corrected chi connectivity index (χ0v) is 10.3. The Labute approximate surface area is 97.3 Å². The van der Waals surface area contributed by atoms with Crippen molar-refractivity contribution in [3.63, 3.8) is 0 Å². The number of anilines is 2. The lowest BCUT2D eigenvalue weighted by molar-refractivity contribution is 0.233. The van der Waals surface area contributed by atoms with Crippen LogP contribution in [0.25, 0.3) is 0 Å². The average molecular weight is 220 g/mol. The number of piperazine rings is 1. The summed E-state index contributed by atoms with van der Waals surface area (Å²) in [4.78, 5) is 9.22. The first-order valence-corrected chi connectivity index (χ1v) is 5.79. The summed E-state index contributed by atoms with van der Waals surface area (Å²) in [5, 5.41) is 3.08. The molecule has 0 aliphatic carbocycles. The fraction of sp³-hybridized carbons (Fsp3) is 0.583. The van der Waals surface area contributed by atoms with Gasteiger partial charge in [0.15, 0.2) is 0 Å². The molecule has 1 saturated heterocycles. The zero-order valence-electron chi connectivity index (χ0n) is 10.3. The molecule has 4 heteroatoms. The van der Waals surface area contributed by atoms with E-state index in [0.29, 0.717) is 6.04 Å². The molecule has 88 valence electrons. The molecular weight excluding hydrogens is 200 g/mol. The van der Waals surface area contributed by atoms with Crippen LogP contribution in [0.3, 0.4) is 0 Å². The molecule has 16 heavy (non-hydrogen) atoms. The molecule has 1 aliphatic heterocycles. The van der Waals surface area contributed by atoms with Gasteiger partial charge in [0.1, 0.15) is 5.82 Å². The molecule has 0 radical (unpaired) electrons. The monoisotopic (exact) mass is 220 g/mol. The van der Waals surface area contributed by atoms with Gasteiger partial charge in [0, 0.05) is 32.7 Å². The van der Waals surface area contributed by atoms with Crippen LogP contribution in [0.15, 0.2) is 18.3 Å². The van der Waals surface area contributed by atoms with Crippen molar-refractivity contribution < 1.29 is 0 Å². The highest BCUT2D eigenvalue weighted by Crippen LogP contribution is 2.17. The predicted molar refractivity (Wildman–Crippen MR) is 68.1 cm³/mol. The minimum atomic E-state index is 0.597. The molecule has 1 aliphatic rings. The number of rotatable bonds is 2. The standard InChI is InChI=1S/C12H20N4/c1-10-9-16(7-6-15(10)3)12-5-4-11(13-2)8-14-12/h4-5,8,10,13H,6-7,9H2,1-3H3/t10-/m0/s1. The van der Waals surface area contributed by atoms with Gasteiger partial charge in [-0.3, -0.25) is 0 Å². The molecule has 0 amide bonds. The SMILES string of the molecule is CNc1ccc(N2CCN(C)[C@@H](C)C2)nc1. The van der Waals surface area contributed by atoms with Crippen molar-refractivity contribution in [3.05, 3.63) is 18.3 Å². The van der Waals surface area contributed by atoms with Gasteiger partial charge in [-0.2, -0.15) is 0 Å². The first-order valence-electron chi connectivity index (χ1n) is 5.79. The molecule has 0 aromatic carbocycles. The molecule has 1 atom stereocenters. The van der Waals surface area contributed by atoms with Crippen molar-refractivity contribution in [1.82, 2.24) is 9.88 Å². The topological polar surface area (TPSA) is 31.4 Å². The quantitative estimate of drug-likeness (QED) is 0.813. The van der Waals surface area contributed by atoms with Crippen molar-refractivity contribution in [2.45, 2.75) is 13.0 Å². The molecule has 1 aromatic rings. The smallest absolute Gasteiger partial charge is 0.128 e. The summed E-state index contributed by atoms with van der Waals surface area (Å²) < 4.78 is 0. The fourth-order valence-electron chi connectivity index (χ4n) is 1.98. The van der Waals surface area contributed by atoms with Gasteiger partial charge in [-0.05, 0) is 26.1 Å². The molecule has 0 bridgehead atoms. The van der Waals surface area contributed by atoms with Crippen molar-refractivity contribution >= 4 is 11.5 Å². The van der Waals surface area contributed by atoms with E-state index in [0.717, 1.165) is 31.1 Å². The zero-order chi connectivity index (χ0) is 11.5. The molecule has 2 rings (SSSR count). The Morgan fingerprint density at radius 2 is 2.19 bits per heavy atom. The first-order chi connectivity index (χ1) is 7.70. The maximum Gasteiger partial charge on any atom is 0.128 e. The molecule has 0 spiro atoms. The predicted octanol–water partition coefficient (Wildman–Crippen LogP) is 1.26. The van der Waals surface area contributed by atoms with Crippen molar-refractivity contribution in [2.24, 2.45) is 0 Å². The maximum atomic E-state index is 4.48. The molecule has 2 heterocycles. The molecule has 4 nitrogen and oxygen atoms in total. The van der Waals surface area contributed by atoms with Crippen LogP contribution in [0.1, 0.15) is 6.92 Å². The minimum absolute atomic E-state index is 0.597. The van der Waals surface area contributed by atoms with Crippen LogP contribution < -0.4 is 10.2 Å². The molecule has 0 unspecified atom stereocenters. The highest BCUT2D eigenvalue weighted by Gasteiger charge is 2.21. The van der Waals surface area contributed by atoms with Gasteiger partial charge < -0.3 is 15.1 Å². The van der Waals surface area contributed by atoms with Crippen LogP contribution in [0.5, 0.6) is 0 Å². The Morgan fingerprint density at radius 1 is 1.38 bits per heavy atom. The summed E-state index contributed by atoms with van der Waals surface area (Å²) in [6.07, 6.45) is 1.89. The molecular formula is C12H20N4. The number of hydrogen-bond donors (Lipinski definition) is 1. The van der Waals surface area contributed by atoms with Gasteiger partial charge in [0.05, 0.1) is 11.9 Å². The van der Waals surface area contributed by atoms with E-state index in [9.17, 15) is 0 Å². The number of hydrogen-bond acceptors (Lipinski definition) is 4. The van der Waals surface area contributed by atoms with E-state index >= 15 is 0 Å². The summed E-state index contributed by atoms with van der Waals surface area (Å²) in [7, 11) is 4.09. The summed E-state index contributed by atoms with van der Waals surface area (Å²) in [5.41, 5.74) is 1.06. The normalized spacial score (nSPS) is 22.2. The van der Waals surface area contributed by atoms with Gasteiger partial charge in [0.25, 0.3) is 0 Å². The van der Waals surface area contributed by atoms with Crippen LogP contribution in [-0.4, -0.2) is 49.7 Å².